The van der Waals surface area contributed by atoms with E-state index in [9.17, 15) is 5.11 Å². The molecule has 1 heterocycles. The van der Waals surface area contributed by atoms with E-state index in [0.29, 0.717) is 30.5 Å². The van der Waals surface area contributed by atoms with Crippen LogP contribution in [0.15, 0.2) is 48.5 Å². The number of aliphatic hydroxyl groups is 1. The zero-order chi connectivity index (χ0) is 27.4. The molecule has 208 valence electrons. The Hall–Kier alpha value is -2.77. The number of β-amino-alcohol motifs (C(OH)–C–C–N with tert-alkyl or cyclic N) is 1. The quantitative estimate of drug-likeness (QED) is 0.282. The molecule has 5 rings (SSSR count). The maximum atomic E-state index is 9.73. The van der Waals surface area contributed by atoms with E-state index in [-0.39, 0.29) is 12.2 Å². The van der Waals surface area contributed by atoms with Crippen LogP contribution in [0.25, 0.3) is 11.1 Å². The lowest BCUT2D eigenvalue weighted by atomic mass is 9.93. The second kappa shape index (κ2) is 12.6. The lowest BCUT2D eigenvalue weighted by Crippen LogP contribution is -2.24. The van der Waals surface area contributed by atoms with E-state index < -0.39 is 0 Å². The fourth-order valence-corrected chi connectivity index (χ4v) is 6.04. The molecule has 3 aromatic carbocycles. The van der Waals surface area contributed by atoms with Crippen molar-refractivity contribution in [3.05, 3.63) is 75.8 Å². The van der Waals surface area contributed by atoms with Crippen molar-refractivity contribution in [2.75, 3.05) is 32.8 Å². The van der Waals surface area contributed by atoms with Gasteiger partial charge in [0, 0.05) is 37.8 Å². The largest absolute Gasteiger partial charge is 0.493 e. The topological polar surface area (TPSA) is 77.2 Å². The van der Waals surface area contributed by atoms with Gasteiger partial charge in [0.15, 0.2) is 0 Å². The average molecular weight is 551 g/mol. The number of rotatable bonds is 11. The first kappa shape index (κ1) is 27.8. The van der Waals surface area contributed by atoms with Crippen molar-refractivity contribution in [2.24, 2.45) is 5.73 Å². The molecule has 1 aliphatic heterocycles. The van der Waals surface area contributed by atoms with Gasteiger partial charge in [-0.15, -0.1) is 0 Å². The summed E-state index contributed by atoms with van der Waals surface area (Å²) in [5, 5.41) is 10.3. The van der Waals surface area contributed by atoms with Gasteiger partial charge >= 0.3 is 0 Å². The molecule has 39 heavy (non-hydrogen) atoms. The van der Waals surface area contributed by atoms with Crippen LogP contribution in [0, 0.1) is 6.92 Å². The molecule has 0 saturated carbocycles. The molecule has 0 bridgehead atoms. The highest BCUT2D eigenvalue weighted by Crippen LogP contribution is 2.44. The fourth-order valence-electron chi connectivity index (χ4n) is 5.81. The van der Waals surface area contributed by atoms with E-state index in [0.717, 1.165) is 67.9 Å². The van der Waals surface area contributed by atoms with Gasteiger partial charge in [0.2, 0.25) is 0 Å². The number of halogens is 1. The molecule has 3 N–H and O–H groups in total. The van der Waals surface area contributed by atoms with Gasteiger partial charge in [-0.25, -0.2) is 0 Å². The zero-order valence-electron chi connectivity index (χ0n) is 22.9. The van der Waals surface area contributed by atoms with Crippen LogP contribution < -0.4 is 19.9 Å². The summed E-state index contributed by atoms with van der Waals surface area (Å²) < 4.78 is 18.5. The van der Waals surface area contributed by atoms with Crippen molar-refractivity contribution < 1.29 is 19.3 Å². The number of ether oxygens (including phenoxy) is 3. The van der Waals surface area contributed by atoms with Gasteiger partial charge in [-0.05, 0) is 79.5 Å². The molecule has 0 amide bonds. The minimum Gasteiger partial charge on any atom is -0.493 e. The summed E-state index contributed by atoms with van der Waals surface area (Å²) in [6.07, 6.45) is 3.36. The summed E-state index contributed by atoms with van der Waals surface area (Å²) in [6.45, 7) is 8.35. The maximum absolute atomic E-state index is 9.73. The molecule has 0 radical (unpaired) electrons. The monoisotopic (exact) mass is 550 g/mol. The van der Waals surface area contributed by atoms with Crippen molar-refractivity contribution >= 4 is 11.6 Å². The van der Waals surface area contributed by atoms with Gasteiger partial charge in [0.05, 0.1) is 24.3 Å². The Morgan fingerprint density at radius 3 is 2.62 bits per heavy atom. The summed E-state index contributed by atoms with van der Waals surface area (Å²) in [5.41, 5.74) is 12.8. The molecular weight excluding hydrogens is 512 g/mol. The standard InChI is InChI=1S/C32H39ClN2O4/c1-3-37-31-18-32(28(33)17-22(31)19-34)39-30-12-11-26-25(8-4-9-27(26)30)24-7-5-10-29(21(24)2)38-16-6-14-35-15-13-23(36)20-35/h4-5,7-10,17-18,23,30,36H,3,6,11-16,19-20,34H2,1-2H3/t23-,30+/m1/s1. The van der Waals surface area contributed by atoms with Crippen molar-refractivity contribution in [3.8, 4) is 28.4 Å². The van der Waals surface area contributed by atoms with E-state index >= 15 is 0 Å². The summed E-state index contributed by atoms with van der Waals surface area (Å²) in [7, 11) is 0. The summed E-state index contributed by atoms with van der Waals surface area (Å²) in [4.78, 5) is 2.31. The molecule has 6 nitrogen and oxygen atoms in total. The third-order valence-corrected chi connectivity index (χ3v) is 8.11. The molecule has 0 aromatic heterocycles. The Balaban J connectivity index is 1.31. The lowest BCUT2D eigenvalue weighted by molar-refractivity contribution is 0.173. The highest BCUT2D eigenvalue weighted by atomic mass is 35.5. The second-order valence-corrected chi connectivity index (χ2v) is 10.8. The molecule has 1 aliphatic carbocycles. The Bertz CT molecular complexity index is 1300. The number of fused-ring (bicyclic) bond motifs is 1. The predicted octanol–water partition coefficient (Wildman–Crippen LogP) is 6.07. The van der Waals surface area contributed by atoms with Crippen molar-refractivity contribution in [1.82, 2.24) is 4.90 Å². The Kier molecular flexibility index (Phi) is 8.98. The van der Waals surface area contributed by atoms with E-state index in [4.69, 9.17) is 31.5 Å². The van der Waals surface area contributed by atoms with Gasteiger partial charge in [-0.2, -0.15) is 0 Å². The van der Waals surface area contributed by atoms with Gasteiger partial charge in [0.25, 0.3) is 0 Å². The van der Waals surface area contributed by atoms with E-state index in [2.05, 4.69) is 48.2 Å². The number of hydrogen-bond donors (Lipinski definition) is 2. The van der Waals surface area contributed by atoms with Crippen LogP contribution in [0.5, 0.6) is 17.2 Å². The molecular formula is C32H39ClN2O4. The summed E-state index contributed by atoms with van der Waals surface area (Å²) in [6, 6.07) is 16.5. The first-order valence-electron chi connectivity index (χ1n) is 14.0. The Morgan fingerprint density at radius 1 is 1.03 bits per heavy atom. The van der Waals surface area contributed by atoms with Crippen molar-refractivity contribution in [1.29, 1.82) is 0 Å². The molecule has 7 heteroatoms. The number of likely N-dealkylation sites (tertiary alicyclic amines) is 1. The highest BCUT2D eigenvalue weighted by Gasteiger charge is 2.28. The maximum Gasteiger partial charge on any atom is 0.142 e. The summed E-state index contributed by atoms with van der Waals surface area (Å²) in [5.74, 6) is 2.26. The van der Waals surface area contributed by atoms with Crippen molar-refractivity contribution in [2.45, 2.75) is 58.3 Å². The van der Waals surface area contributed by atoms with Crippen molar-refractivity contribution in [3.63, 3.8) is 0 Å². The smallest absolute Gasteiger partial charge is 0.142 e. The molecule has 1 saturated heterocycles. The van der Waals surface area contributed by atoms with E-state index in [1.54, 1.807) is 0 Å². The van der Waals surface area contributed by atoms with Crippen LogP contribution >= 0.6 is 11.6 Å². The lowest BCUT2D eigenvalue weighted by Gasteiger charge is -2.19. The molecule has 2 atom stereocenters. The normalized spacial score (nSPS) is 18.8. The highest BCUT2D eigenvalue weighted by molar-refractivity contribution is 6.32. The molecule has 1 fully saturated rings. The van der Waals surface area contributed by atoms with Crippen LogP contribution in [0.1, 0.15) is 54.5 Å². The Morgan fingerprint density at radius 2 is 1.85 bits per heavy atom. The first-order valence-corrected chi connectivity index (χ1v) is 14.4. The minimum absolute atomic E-state index is 0.0838. The number of aliphatic hydroxyl groups excluding tert-OH is 1. The predicted molar refractivity (Wildman–Crippen MR) is 156 cm³/mol. The van der Waals surface area contributed by atoms with Crippen LogP contribution in [0.3, 0.4) is 0 Å². The molecule has 2 aliphatic rings. The second-order valence-electron chi connectivity index (χ2n) is 10.4. The van der Waals surface area contributed by atoms with E-state index in [1.807, 2.05) is 19.1 Å². The number of nitrogens with zero attached hydrogens (tertiary/aromatic N) is 1. The molecule has 3 aromatic rings. The third-order valence-electron chi connectivity index (χ3n) is 7.82. The number of hydrogen-bond acceptors (Lipinski definition) is 6. The third kappa shape index (κ3) is 6.20. The minimum atomic E-state index is -0.177. The number of benzene rings is 3. The fraction of sp³-hybridized carbons (Fsp3) is 0.438. The van der Waals surface area contributed by atoms with Gasteiger partial charge in [-0.1, -0.05) is 41.9 Å². The van der Waals surface area contributed by atoms with Crippen LogP contribution in [-0.4, -0.2) is 49.0 Å². The van der Waals surface area contributed by atoms with Gasteiger partial charge in [0.1, 0.15) is 23.4 Å². The Labute approximate surface area is 236 Å². The molecule has 0 spiro atoms. The zero-order valence-corrected chi connectivity index (χ0v) is 23.7. The molecule has 0 unspecified atom stereocenters. The van der Waals surface area contributed by atoms with Gasteiger partial charge in [-0.3, -0.25) is 0 Å². The average Bonchev–Trinajstić information content (AvgIpc) is 3.55. The van der Waals surface area contributed by atoms with Gasteiger partial charge < -0.3 is 30.0 Å². The van der Waals surface area contributed by atoms with Crippen LogP contribution in [-0.2, 0) is 13.0 Å². The summed E-state index contributed by atoms with van der Waals surface area (Å²) >= 11 is 6.58. The first-order chi connectivity index (χ1) is 19.0. The SMILES string of the molecule is CCOc1cc(O[C@H]2CCc3c(-c4cccc(OCCCN5CC[C@@H](O)C5)c4C)cccc32)c(Cl)cc1CN. The van der Waals surface area contributed by atoms with Crippen LogP contribution in [0.2, 0.25) is 5.02 Å². The number of nitrogens with two attached hydrogens (primary N) is 1. The van der Waals surface area contributed by atoms with E-state index in [1.165, 1.54) is 22.3 Å². The van der Waals surface area contributed by atoms with Crippen LogP contribution in [0.4, 0.5) is 0 Å².